The summed E-state index contributed by atoms with van der Waals surface area (Å²) in [6, 6.07) is 0. The Labute approximate surface area is 166 Å². The molecule has 4 aliphatic carbocycles. The summed E-state index contributed by atoms with van der Waals surface area (Å²) >= 11 is 0. The van der Waals surface area contributed by atoms with Gasteiger partial charge < -0.3 is 20.1 Å². The molecule has 0 aromatic heterocycles. The van der Waals surface area contributed by atoms with Crippen LogP contribution in [0.5, 0.6) is 0 Å². The van der Waals surface area contributed by atoms with Crippen molar-refractivity contribution in [1.82, 2.24) is 0 Å². The molecule has 0 heterocycles. The van der Waals surface area contributed by atoms with Crippen LogP contribution in [0.15, 0.2) is 0 Å². The number of carbonyl (C=O) groups is 2. The van der Waals surface area contributed by atoms with Gasteiger partial charge in [-0.05, 0) is 55.8 Å². The lowest BCUT2D eigenvalue weighted by Gasteiger charge is -2.63. The van der Waals surface area contributed by atoms with E-state index in [0.29, 0.717) is 0 Å². The highest BCUT2D eigenvalue weighted by atomic mass is 16.5. The first-order valence-corrected chi connectivity index (χ1v) is 10.6. The normalized spacial score (nSPS) is 56.0. The fourth-order valence-electron chi connectivity index (χ4n) is 8.00. The van der Waals surface area contributed by atoms with Gasteiger partial charge in [-0.15, -0.1) is 0 Å². The Morgan fingerprint density at radius 3 is 2.39 bits per heavy atom. The SMILES string of the molecule is CO[C@@H]1C[C@H]2[C@@H]3CC(=O)[C@@]4(O)C[C@H](O)[C@H](O)C[C@]4(C)[C@H]3CC[C@]2(C)[C@H]1C(C)=O. The molecular weight excluding hydrogens is 360 g/mol. The maximum Gasteiger partial charge on any atom is 0.165 e. The Balaban J connectivity index is 1.74. The predicted molar refractivity (Wildman–Crippen MR) is 101 cm³/mol. The lowest BCUT2D eigenvalue weighted by atomic mass is 9.42. The summed E-state index contributed by atoms with van der Waals surface area (Å²) in [5.74, 6) is 0.105. The molecular formula is C22H34O6. The number of rotatable bonds is 2. The molecule has 10 atom stereocenters. The van der Waals surface area contributed by atoms with Gasteiger partial charge in [0.2, 0.25) is 0 Å². The van der Waals surface area contributed by atoms with Crippen LogP contribution >= 0.6 is 0 Å². The fraction of sp³-hybridized carbons (Fsp3) is 0.909. The number of carbonyl (C=O) groups excluding carboxylic acids is 2. The van der Waals surface area contributed by atoms with Crippen LogP contribution in [-0.2, 0) is 14.3 Å². The quantitative estimate of drug-likeness (QED) is 0.655. The van der Waals surface area contributed by atoms with E-state index in [1.165, 1.54) is 0 Å². The zero-order valence-corrected chi connectivity index (χ0v) is 17.4. The van der Waals surface area contributed by atoms with Gasteiger partial charge in [0.1, 0.15) is 11.4 Å². The number of ketones is 2. The van der Waals surface area contributed by atoms with Crippen molar-refractivity contribution < 1.29 is 29.6 Å². The number of hydrogen-bond donors (Lipinski definition) is 3. The zero-order valence-electron chi connectivity index (χ0n) is 17.4. The first-order valence-electron chi connectivity index (χ1n) is 10.6. The Morgan fingerprint density at radius 1 is 1.14 bits per heavy atom. The maximum absolute atomic E-state index is 13.2. The van der Waals surface area contributed by atoms with Crippen molar-refractivity contribution in [2.45, 2.75) is 83.2 Å². The molecule has 0 saturated heterocycles. The number of aliphatic hydroxyl groups excluding tert-OH is 2. The standard InChI is InChI=1S/C22H34O6/c1-11(23)19-17(28-4)8-14-12-7-18(26)22(27)10-16(25)15(24)9-21(22,3)13(12)5-6-20(14,19)2/h12-17,19,24-25,27H,5-10H2,1-4H3/t12-,13+,14+,15-,16+,17-,19+,20+,21-,22+/m1/s1. The first-order chi connectivity index (χ1) is 13.0. The molecule has 0 aromatic carbocycles. The van der Waals surface area contributed by atoms with Crippen LogP contribution in [0.1, 0.15) is 59.3 Å². The van der Waals surface area contributed by atoms with E-state index in [4.69, 9.17) is 4.74 Å². The third kappa shape index (κ3) is 2.41. The third-order valence-electron chi connectivity index (χ3n) is 9.41. The second-order valence-corrected chi connectivity index (χ2v) is 10.5. The molecule has 0 aromatic rings. The Bertz CT molecular complexity index is 693. The van der Waals surface area contributed by atoms with Gasteiger partial charge in [-0.3, -0.25) is 9.59 Å². The number of ether oxygens (including phenoxy) is 1. The van der Waals surface area contributed by atoms with Crippen LogP contribution in [0.2, 0.25) is 0 Å². The summed E-state index contributed by atoms with van der Waals surface area (Å²) in [6.07, 6.45) is 0.703. The molecule has 0 spiro atoms. The van der Waals surface area contributed by atoms with Crippen molar-refractivity contribution in [2.24, 2.45) is 34.5 Å². The zero-order chi connectivity index (χ0) is 20.6. The van der Waals surface area contributed by atoms with Gasteiger partial charge in [-0.25, -0.2) is 0 Å². The van der Waals surface area contributed by atoms with E-state index in [2.05, 4.69) is 6.92 Å². The van der Waals surface area contributed by atoms with Crippen molar-refractivity contribution >= 4 is 11.6 Å². The lowest BCUT2D eigenvalue weighted by Crippen LogP contribution is -2.69. The van der Waals surface area contributed by atoms with E-state index in [-0.39, 0.29) is 66.0 Å². The van der Waals surface area contributed by atoms with Gasteiger partial charge in [0.25, 0.3) is 0 Å². The lowest BCUT2D eigenvalue weighted by molar-refractivity contribution is -0.229. The Morgan fingerprint density at radius 2 is 1.79 bits per heavy atom. The average Bonchev–Trinajstić information content (AvgIpc) is 2.92. The highest BCUT2D eigenvalue weighted by Crippen LogP contribution is 2.67. The molecule has 0 amide bonds. The number of Topliss-reactive ketones (excluding diaryl/α,β-unsaturated/α-hetero) is 2. The molecule has 4 aliphatic rings. The highest BCUT2D eigenvalue weighted by molar-refractivity contribution is 5.90. The van der Waals surface area contributed by atoms with Gasteiger partial charge >= 0.3 is 0 Å². The molecule has 0 unspecified atom stereocenters. The third-order valence-corrected chi connectivity index (χ3v) is 9.41. The van der Waals surface area contributed by atoms with Gasteiger partial charge in [-0.1, -0.05) is 13.8 Å². The molecule has 4 fully saturated rings. The monoisotopic (exact) mass is 394 g/mol. The summed E-state index contributed by atoms with van der Waals surface area (Å²) < 4.78 is 5.70. The van der Waals surface area contributed by atoms with Crippen molar-refractivity contribution in [2.75, 3.05) is 7.11 Å². The van der Waals surface area contributed by atoms with Gasteiger partial charge in [0, 0.05) is 31.3 Å². The molecule has 6 nitrogen and oxygen atoms in total. The molecule has 6 heteroatoms. The molecule has 0 radical (unpaired) electrons. The number of aliphatic hydroxyl groups is 3. The second kappa shape index (κ2) is 6.34. The van der Waals surface area contributed by atoms with E-state index < -0.39 is 23.2 Å². The largest absolute Gasteiger partial charge is 0.390 e. The Hall–Kier alpha value is -0.820. The highest BCUT2D eigenvalue weighted by Gasteiger charge is 2.70. The Kier molecular flexibility index (Phi) is 4.63. The summed E-state index contributed by atoms with van der Waals surface area (Å²) in [5.41, 5.74) is -2.55. The van der Waals surface area contributed by atoms with Gasteiger partial charge in [0.15, 0.2) is 5.78 Å². The number of hydrogen-bond acceptors (Lipinski definition) is 6. The van der Waals surface area contributed by atoms with Crippen molar-refractivity contribution in [3.05, 3.63) is 0 Å². The minimum absolute atomic E-state index is 0.0703. The molecule has 4 rings (SSSR count). The summed E-state index contributed by atoms with van der Waals surface area (Å²) in [4.78, 5) is 25.7. The van der Waals surface area contributed by atoms with Crippen LogP contribution in [0, 0.1) is 34.5 Å². The van der Waals surface area contributed by atoms with Crippen molar-refractivity contribution in [3.63, 3.8) is 0 Å². The molecule has 158 valence electrons. The molecule has 4 saturated carbocycles. The number of methoxy groups -OCH3 is 1. The minimum Gasteiger partial charge on any atom is -0.390 e. The van der Waals surface area contributed by atoms with E-state index in [0.717, 1.165) is 19.3 Å². The van der Waals surface area contributed by atoms with E-state index in [1.54, 1.807) is 14.0 Å². The average molecular weight is 395 g/mol. The first kappa shape index (κ1) is 20.5. The van der Waals surface area contributed by atoms with Crippen LogP contribution in [-0.4, -0.2) is 57.9 Å². The van der Waals surface area contributed by atoms with Crippen LogP contribution in [0.25, 0.3) is 0 Å². The summed E-state index contributed by atoms with van der Waals surface area (Å²) in [5, 5.41) is 31.9. The van der Waals surface area contributed by atoms with E-state index in [9.17, 15) is 24.9 Å². The fourth-order valence-corrected chi connectivity index (χ4v) is 8.00. The smallest absolute Gasteiger partial charge is 0.165 e. The molecule has 3 N–H and O–H groups in total. The summed E-state index contributed by atoms with van der Waals surface area (Å²) in [7, 11) is 1.66. The van der Waals surface area contributed by atoms with Crippen LogP contribution in [0.4, 0.5) is 0 Å². The topological polar surface area (TPSA) is 104 Å². The van der Waals surface area contributed by atoms with Gasteiger partial charge in [-0.2, -0.15) is 0 Å². The molecule has 0 aliphatic heterocycles. The summed E-state index contributed by atoms with van der Waals surface area (Å²) in [6.45, 7) is 5.73. The molecule has 0 bridgehead atoms. The second-order valence-electron chi connectivity index (χ2n) is 10.5. The maximum atomic E-state index is 13.2. The van der Waals surface area contributed by atoms with Crippen LogP contribution < -0.4 is 0 Å². The minimum atomic E-state index is -1.58. The van der Waals surface area contributed by atoms with Crippen molar-refractivity contribution in [3.8, 4) is 0 Å². The molecule has 28 heavy (non-hydrogen) atoms. The van der Waals surface area contributed by atoms with Crippen molar-refractivity contribution in [1.29, 1.82) is 0 Å². The van der Waals surface area contributed by atoms with Gasteiger partial charge in [0.05, 0.1) is 18.3 Å². The number of fused-ring (bicyclic) bond motifs is 5. The van der Waals surface area contributed by atoms with Crippen LogP contribution in [0.3, 0.4) is 0 Å². The van der Waals surface area contributed by atoms with E-state index >= 15 is 0 Å². The van der Waals surface area contributed by atoms with E-state index in [1.807, 2.05) is 6.92 Å². The predicted octanol–water partition coefficient (Wildman–Crippen LogP) is 1.48.